The van der Waals surface area contributed by atoms with Gasteiger partial charge in [-0.1, -0.05) is 24.6 Å². The number of hydrogen-bond donors (Lipinski definition) is 0. The van der Waals surface area contributed by atoms with Crippen LogP contribution in [0.15, 0.2) is 35.4 Å². The molecule has 1 aromatic carbocycles. The molecule has 1 aliphatic rings. The first kappa shape index (κ1) is 13.0. The van der Waals surface area contributed by atoms with Gasteiger partial charge in [-0.15, -0.1) is 11.3 Å². The third-order valence-electron chi connectivity index (χ3n) is 4.15. The molecule has 0 unspecified atom stereocenters. The summed E-state index contributed by atoms with van der Waals surface area (Å²) in [5.41, 5.74) is 0.933. The number of aromatic nitrogens is 2. The minimum Gasteiger partial charge on any atom is -0.286 e. The number of piperidine rings is 1. The fraction of sp³-hybridized carbons (Fsp3) is 0.375. The van der Waals surface area contributed by atoms with Gasteiger partial charge in [-0.25, -0.2) is 4.98 Å². The van der Waals surface area contributed by atoms with E-state index in [2.05, 4.69) is 16.0 Å². The van der Waals surface area contributed by atoms with E-state index in [0.29, 0.717) is 6.67 Å². The molecule has 21 heavy (non-hydrogen) atoms. The third-order valence-corrected chi connectivity index (χ3v) is 5.30. The van der Waals surface area contributed by atoms with Gasteiger partial charge >= 0.3 is 0 Å². The van der Waals surface area contributed by atoms with Gasteiger partial charge in [0.2, 0.25) is 0 Å². The average Bonchev–Trinajstić information content (AvgIpc) is 2.91. The van der Waals surface area contributed by atoms with Crippen LogP contribution in [0.25, 0.3) is 20.3 Å². The lowest BCUT2D eigenvalue weighted by atomic mass is 10.1. The Morgan fingerprint density at radius 3 is 2.81 bits per heavy atom. The van der Waals surface area contributed by atoms with Gasteiger partial charge < -0.3 is 0 Å². The molecule has 4 rings (SSSR count). The molecule has 0 saturated carbocycles. The van der Waals surface area contributed by atoms with Crippen LogP contribution in [-0.4, -0.2) is 27.5 Å². The Labute approximate surface area is 126 Å². The molecule has 5 heteroatoms. The number of likely N-dealkylation sites (tertiary alicyclic amines) is 1. The highest BCUT2D eigenvalue weighted by Gasteiger charge is 2.14. The van der Waals surface area contributed by atoms with Crippen LogP contribution >= 0.6 is 11.3 Å². The van der Waals surface area contributed by atoms with Crippen molar-refractivity contribution in [3.63, 3.8) is 0 Å². The molecule has 1 saturated heterocycles. The van der Waals surface area contributed by atoms with Crippen LogP contribution < -0.4 is 5.56 Å². The molecule has 0 radical (unpaired) electrons. The largest absolute Gasteiger partial charge is 0.286 e. The van der Waals surface area contributed by atoms with Crippen LogP contribution in [-0.2, 0) is 6.67 Å². The zero-order chi connectivity index (χ0) is 14.2. The van der Waals surface area contributed by atoms with Crippen LogP contribution in [0.4, 0.5) is 0 Å². The predicted molar refractivity (Wildman–Crippen MR) is 86.8 cm³/mol. The average molecular weight is 299 g/mol. The Balaban J connectivity index is 1.78. The van der Waals surface area contributed by atoms with E-state index in [0.717, 1.165) is 33.4 Å². The maximum Gasteiger partial charge on any atom is 0.272 e. The first-order valence-electron chi connectivity index (χ1n) is 7.42. The molecule has 1 aliphatic heterocycles. The fourth-order valence-corrected chi connectivity index (χ4v) is 4.14. The summed E-state index contributed by atoms with van der Waals surface area (Å²) in [6, 6.07) is 8.09. The van der Waals surface area contributed by atoms with E-state index in [-0.39, 0.29) is 5.56 Å². The standard InChI is InChI=1S/C16H17N3OS/c20-16-15-14(12-6-2-3-7-13(12)21-15)17-10-19(16)11-18-8-4-1-5-9-18/h2-3,6-7,10H,1,4-5,8-9,11H2. The van der Waals surface area contributed by atoms with Crippen LogP contribution in [0.3, 0.4) is 0 Å². The van der Waals surface area contributed by atoms with Gasteiger partial charge in [0.25, 0.3) is 5.56 Å². The second-order valence-corrected chi connectivity index (χ2v) is 6.67. The van der Waals surface area contributed by atoms with E-state index in [9.17, 15) is 4.79 Å². The number of hydrogen-bond acceptors (Lipinski definition) is 4. The number of rotatable bonds is 2. The van der Waals surface area contributed by atoms with Gasteiger partial charge in [-0.3, -0.25) is 14.3 Å². The Bertz CT molecular complexity index is 845. The molecule has 3 heterocycles. The summed E-state index contributed by atoms with van der Waals surface area (Å²) in [4.78, 5) is 19.6. The van der Waals surface area contributed by atoms with Crippen molar-refractivity contribution in [2.75, 3.05) is 13.1 Å². The van der Waals surface area contributed by atoms with Gasteiger partial charge in [-0.05, 0) is 32.0 Å². The predicted octanol–water partition coefficient (Wildman–Crippen LogP) is 3.05. The minimum atomic E-state index is 0.0896. The number of thiophene rings is 1. The summed E-state index contributed by atoms with van der Waals surface area (Å²) in [7, 11) is 0. The topological polar surface area (TPSA) is 38.1 Å². The Morgan fingerprint density at radius 2 is 1.95 bits per heavy atom. The first-order chi connectivity index (χ1) is 10.3. The molecule has 0 aliphatic carbocycles. The lowest BCUT2D eigenvalue weighted by molar-refractivity contribution is 0.179. The van der Waals surface area contributed by atoms with Crippen molar-refractivity contribution in [3.8, 4) is 0 Å². The minimum absolute atomic E-state index is 0.0896. The van der Waals surface area contributed by atoms with E-state index in [1.807, 2.05) is 18.2 Å². The second kappa shape index (κ2) is 5.24. The van der Waals surface area contributed by atoms with Crippen molar-refractivity contribution in [2.24, 2.45) is 0 Å². The lowest BCUT2D eigenvalue weighted by Crippen LogP contribution is -2.35. The second-order valence-electron chi connectivity index (χ2n) is 5.62. The summed E-state index contributed by atoms with van der Waals surface area (Å²) in [5, 5.41) is 1.08. The highest BCUT2D eigenvalue weighted by molar-refractivity contribution is 7.25. The molecule has 4 nitrogen and oxygen atoms in total. The summed E-state index contributed by atoms with van der Waals surface area (Å²) in [6.07, 6.45) is 5.47. The van der Waals surface area contributed by atoms with Crippen molar-refractivity contribution in [3.05, 3.63) is 40.9 Å². The highest BCUT2D eigenvalue weighted by Crippen LogP contribution is 2.29. The zero-order valence-corrected chi connectivity index (χ0v) is 12.6. The lowest BCUT2D eigenvalue weighted by Gasteiger charge is -2.26. The van der Waals surface area contributed by atoms with Crippen LogP contribution in [0, 0.1) is 0 Å². The van der Waals surface area contributed by atoms with Crippen molar-refractivity contribution >= 4 is 31.6 Å². The van der Waals surface area contributed by atoms with E-state index in [1.165, 1.54) is 19.3 Å². The van der Waals surface area contributed by atoms with E-state index < -0.39 is 0 Å². The van der Waals surface area contributed by atoms with Gasteiger partial charge in [0, 0.05) is 10.1 Å². The first-order valence-corrected chi connectivity index (χ1v) is 8.23. The quantitative estimate of drug-likeness (QED) is 0.730. The van der Waals surface area contributed by atoms with Crippen LogP contribution in [0.5, 0.6) is 0 Å². The maximum atomic E-state index is 12.7. The molecular weight excluding hydrogens is 282 g/mol. The molecule has 2 aromatic heterocycles. The summed E-state index contributed by atoms with van der Waals surface area (Å²) in [6.45, 7) is 2.82. The molecule has 0 atom stereocenters. The van der Waals surface area contributed by atoms with Crippen molar-refractivity contribution in [2.45, 2.75) is 25.9 Å². The number of nitrogens with zero attached hydrogens (tertiary/aromatic N) is 3. The Morgan fingerprint density at radius 1 is 1.14 bits per heavy atom. The van der Waals surface area contributed by atoms with Crippen molar-refractivity contribution in [1.82, 2.24) is 14.5 Å². The summed E-state index contributed by atoms with van der Waals surface area (Å²) in [5.74, 6) is 0. The SMILES string of the molecule is O=c1c2sc3ccccc3c2ncn1CN1CCCCC1. The third kappa shape index (κ3) is 2.26. The molecule has 1 fully saturated rings. The Kier molecular flexibility index (Phi) is 3.24. The number of fused-ring (bicyclic) bond motifs is 3. The summed E-state index contributed by atoms with van der Waals surface area (Å²) >= 11 is 1.55. The normalized spacial score (nSPS) is 16.8. The van der Waals surface area contributed by atoms with E-state index in [1.54, 1.807) is 22.2 Å². The molecular formula is C16H17N3OS. The van der Waals surface area contributed by atoms with Gasteiger partial charge in [0.05, 0.1) is 18.5 Å². The van der Waals surface area contributed by atoms with Gasteiger partial charge in [0.15, 0.2) is 0 Å². The molecule has 0 spiro atoms. The van der Waals surface area contributed by atoms with Gasteiger partial charge in [0.1, 0.15) is 4.70 Å². The maximum absolute atomic E-state index is 12.7. The van der Waals surface area contributed by atoms with E-state index in [4.69, 9.17) is 0 Å². The van der Waals surface area contributed by atoms with E-state index >= 15 is 0 Å². The molecule has 108 valence electrons. The van der Waals surface area contributed by atoms with Crippen LogP contribution in [0.2, 0.25) is 0 Å². The monoisotopic (exact) mass is 299 g/mol. The zero-order valence-electron chi connectivity index (χ0n) is 11.8. The highest BCUT2D eigenvalue weighted by atomic mass is 32.1. The Hall–Kier alpha value is -1.72. The van der Waals surface area contributed by atoms with Crippen molar-refractivity contribution in [1.29, 1.82) is 0 Å². The van der Waals surface area contributed by atoms with Gasteiger partial charge in [-0.2, -0.15) is 0 Å². The van der Waals surface area contributed by atoms with Crippen LogP contribution in [0.1, 0.15) is 19.3 Å². The summed E-state index contributed by atoms with van der Waals surface area (Å²) < 4.78 is 3.66. The van der Waals surface area contributed by atoms with Crippen molar-refractivity contribution < 1.29 is 0 Å². The smallest absolute Gasteiger partial charge is 0.272 e. The molecule has 0 amide bonds. The molecule has 0 N–H and O–H groups in total. The molecule has 3 aromatic rings. The molecule has 0 bridgehead atoms. The fourth-order valence-electron chi connectivity index (χ4n) is 3.03. The number of benzene rings is 1.